The Hall–Kier alpha value is -0.0400. The quantitative estimate of drug-likeness (QED) is 0.598. The van der Waals surface area contributed by atoms with Crippen molar-refractivity contribution in [2.45, 2.75) is 84.8 Å². The SMILES string of the molecule is CC(C)(C)C1CC2CCCC2N1C(C)(C)C. The van der Waals surface area contributed by atoms with Gasteiger partial charge in [-0.2, -0.15) is 0 Å². The third kappa shape index (κ3) is 2.03. The Balaban J connectivity index is 2.27. The Morgan fingerprint density at radius 1 is 0.938 bits per heavy atom. The molecule has 1 heterocycles. The van der Waals surface area contributed by atoms with Crippen LogP contribution in [0, 0.1) is 11.3 Å². The molecule has 0 aromatic heterocycles. The van der Waals surface area contributed by atoms with Crippen molar-refractivity contribution in [3.63, 3.8) is 0 Å². The first kappa shape index (κ1) is 12.4. The molecule has 1 nitrogen and oxygen atoms in total. The summed E-state index contributed by atoms with van der Waals surface area (Å²) in [6.07, 6.45) is 5.81. The molecule has 16 heavy (non-hydrogen) atoms. The van der Waals surface area contributed by atoms with Crippen molar-refractivity contribution in [2.75, 3.05) is 0 Å². The molecule has 0 N–H and O–H groups in total. The number of likely N-dealkylation sites (tertiary alicyclic amines) is 1. The zero-order chi connectivity index (χ0) is 12.1. The highest BCUT2D eigenvalue weighted by atomic mass is 15.3. The second-order valence-electron chi connectivity index (χ2n) is 7.95. The van der Waals surface area contributed by atoms with Gasteiger partial charge in [-0.25, -0.2) is 0 Å². The predicted octanol–water partition coefficient (Wildman–Crippen LogP) is 4.07. The van der Waals surface area contributed by atoms with Crippen LogP contribution in [0.15, 0.2) is 0 Å². The molecule has 94 valence electrons. The van der Waals surface area contributed by atoms with Crippen molar-refractivity contribution in [3.8, 4) is 0 Å². The number of hydrogen-bond donors (Lipinski definition) is 0. The molecule has 0 bridgehead atoms. The van der Waals surface area contributed by atoms with Gasteiger partial charge in [0.25, 0.3) is 0 Å². The lowest BCUT2D eigenvalue weighted by molar-refractivity contribution is 0.0238. The van der Waals surface area contributed by atoms with Gasteiger partial charge < -0.3 is 0 Å². The third-order valence-electron chi connectivity index (χ3n) is 4.61. The van der Waals surface area contributed by atoms with Gasteiger partial charge in [-0.15, -0.1) is 0 Å². The number of fused-ring (bicyclic) bond motifs is 1. The average Bonchev–Trinajstić information content (AvgIpc) is 2.53. The Kier molecular flexibility index (Phi) is 2.89. The molecule has 1 saturated carbocycles. The molecule has 0 spiro atoms. The topological polar surface area (TPSA) is 3.24 Å². The fourth-order valence-corrected chi connectivity index (χ4v) is 4.03. The highest BCUT2D eigenvalue weighted by Gasteiger charge is 2.50. The van der Waals surface area contributed by atoms with Crippen LogP contribution < -0.4 is 0 Å². The first-order valence-electron chi connectivity index (χ1n) is 7.00. The largest absolute Gasteiger partial charge is 0.292 e. The molecule has 0 aromatic rings. The second-order valence-corrected chi connectivity index (χ2v) is 7.95. The lowest BCUT2D eigenvalue weighted by atomic mass is 9.82. The summed E-state index contributed by atoms with van der Waals surface area (Å²) in [6, 6.07) is 1.66. The summed E-state index contributed by atoms with van der Waals surface area (Å²) in [5.41, 5.74) is 0.763. The molecule has 1 aliphatic carbocycles. The van der Waals surface area contributed by atoms with E-state index in [9.17, 15) is 0 Å². The van der Waals surface area contributed by atoms with Crippen molar-refractivity contribution in [1.29, 1.82) is 0 Å². The van der Waals surface area contributed by atoms with E-state index in [1.807, 2.05) is 0 Å². The molecular weight excluding hydrogens is 194 g/mol. The van der Waals surface area contributed by atoms with E-state index in [1.54, 1.807) is 0 Å². The molecule has 0 aromatic carbocycles. The van der Waals surface area contributed by atoms with Crippen LogP contribution in [0.25, 0.3) is 0 Å². The van der Waals surface area contributed by atoms with Crippen molar-refractivity contribution < 1.29 is 0 Å². The summed E-state index contributed by atoms with van der Waals surface area (Å²) in [6.45, 7) is 14.4. The minimum absolute atomic E-state index is 0.335. The van der Waals surface area contributed by atoms with E-state index in [1.165, 1.54) is 25.7 Å². The van der Waals surface area contributed by atoms with Gasteiger partial charge in [0.2, 0.25) is 0 Å². The van der Waals surface area contributed by atoms with Gasteiger partial charge in [0.1, 0.15) is 0 Å². The highest BCUT2D eigenvalue weighted by molar-refractivity contribution is 5.04. The van der Waals surface area contributed by atoms with Crippen molar-refractivity contribution in [3.05, 3.63) is 0 Å². The maximum Gasteiger partial charge on any atom is 0.0155 e. The summed E-state index contributed by atoms with van der Waals surface area (Å²) in [5, 5.41) is 0. The van der Waals surface area contributed by atoms with Crippen LogP contribution in [-0.4, -0.2) is 22.5 Å². The molecule has 1 aliphatic heterocycles. The van der Waals surface area contributed by atoms with Crippen LogP contribution in [0.4, 0.5) is 0 Å². The molecule has 2 aliphatic rings. The lowest BCUT2D eigenvalue weighted by Gasteiger charge is -2.46. The molecule has 1 heteroatoms. The fourth-order valence-electron chi connectivity index (χ4n) is 4.03. The monoisotopic (exact) mass is 223 g/mol. The average molecular weight is 223 g/mol. The van der Waals surface area contributed by atoms with E-state index < -0.39 is 0 Å². The second kappa shape index (κ2) is 3.73. The minimum atomic E-state index is 0.335. The maximum atomic E-state index is 2.85. The van der Waals surface area contributed by atoms with E-state index >= 15 is 0 Å². The summed E-state index contributed by atoms with van der Waals surface area (Å²) in [5.74, 6) is 0.989. The third-order valence-corrected chi connectivity index (χ3v) is 4.61. The van der Waals surface area contributed by atoms with Gasteiger partial charge >= 0.3 is 0 Å². The van der Waals surface area contributed by atoms with Gasteiger partial charge in [-0.05, 0) is 51.4 Å². The molecule has 2 rings (SSSR count). The van der Waals surface area contributed by atoms with Crippen LogP contribution in [0.3, 0.4) is 0 Å². The summed E-state index contributed by atoms with van der Waals surface area (Å²) >= 11 is 0. The van der Waals surface area contributed by atoms with Crippen LogP contribution in [-0.2, 0) is 0 Å². The molecule has 3 unspecified atom stereocenters. The fraction of sp³-hybridized carbons (Fsp3) is 1.00. The normalized spacial score (nSPS) is 36.8. The Morgan fingerprint density at radius 2 is 1.56 bits per heavy atom. The summed E-state index contributed by atoms with van der Waals surface area (Å²) in [4.78, 5) is 2.85. The van der Waals surface area contributed by atoms with Crippen molar-refractivity contribution >= 4 is 0 Å². The minimum Gasteiger partial charge on any atom is -0.292 e. The molecule has 3 atom stereocenters. The van der Waals surface area contributed by atoms with E-state index in [4.69, 9.17) is 0 Å². The van der Waals surface area contributed by atoms with E-state index in [0.29, 0.717) is 11.0 Å². The molecule has 0 amide bonds. The molecular formula is C15H29N. The number of rotatable bonds is 0. The standard InChI is InChI=1S/C15H29N/c1-14(2,3)13-10-11-8-7-9-12(11)16(13)15(4,5)6/h11-13H,7-10H2,1-6H3. The van der Waals surface area contributed by atoms with E-state index in [0.717, 1.165) is 18.0 Å². The molecule has 2 fully saturated rings. The highest BCUT2D eigenvalue weighted by Crippen LogP contribution is 2.49. The maximum absolute atomic E-state index is 2.85. The first-order chi connectivity index (χ1) is 7.21. The van der Waals surface area contributed by atoms with Gasteiger partial charge in [0, 0.05) is 17.6 Å². The van der Waals surface area contributed by atoms with Crippen molar-refractivity contribution in [1.82, 2.24) is 4.90 Å². The van der Waals surface area contributed by atoms with Gasteiger partial charge in [0.05, 0.1) is 0 Å². The van der Waals surface area contributed by atoms with Gasteiger partial charge in [0.15, 0.2) is 0 Å². The van der Waals surface area contributed by atoms with Crippen LogP contribution in [0.5, 0.6) is 0 Å². The zero-order valence-corrected chi connectivity index (χ0v) is 12.0. The van der Waals surface area contributed by atoms with Gasteiger partial charge in [-0.1, -0.05) is 27.2 Å². The van der Waals surface area contributed by atoms with E-state index in [2.05, 4.69) is 46.4 Å². The lowest BCUT2D eigenvalue weighted by Crippen LogP contribution is -2.53. The van der Waals surface area contributed by atoms with Crippen molar-refractivity contribution in [2.24, 2.45) is 11.3 Å². The van der Waals surface area contributed by atoms with Crippen LogP contribution in [0.2, 0.25) is 0 Å². The predicted molar refractivity (Wildman–Crippen MR) is 70.6 cm³/mol. The number of nitrogens with zero attached hydrogens (tertiary/aromatic N) is 1. The Bertz CT molecular complexity index is 256. The smallest absolute Gasteiger partial charge is 0.0155 e. The first-order valence-corrected chi connectivity index (χ1v) is 7.00. The Morgan fingerprint density at radius 3 is 2.06 bits per heavy atom. The Labute approximate surface area is 102 Å². The molecule has 0 radical (unpaired) electrons. The zero-order valence-electron chi connectivity index (χ0n) is 12.0. The summed E-state index contributed by atoms with van der Waals surface area (Å²) in [7, 11) is 0. The summed E-state index contributed by atoms with van der Waals surface area (Å²) < 4.78 is 0. The number of hydrogen-bond acceptors (Lipinski definition) is 1. The van der Waals surface area contributed by atoms with Gasteiger partial charge in [-0.3, -0.25) is 4.90 Å². The molecule has 1 saturated heterocycles. The van der Waals surface area contributed by atoms with Crippen LogP contribution >= 0.6 is 0 Å². The van der Waals surface area contributed by atoms with Crippen LogP contribution in [0.1, 0.15) is 67.2 Å². The van der Waals surface area contributed by atoms with E-state index in [-0.39, 0.29) is 0 Å².